The number of ether oxygens (including phenoxy) is 3. The maximum Gasteiger partial charge on any atom is 0.326 e. The van der Waals surface area contributed by atoms with Crippen LogP contribution in [0.15, 0.2) is 12.1 Å². The largest absolute Gasteiger partial charge is 0.482 e. The van der Waals surface area contributed by atoms with Crippen molar-refractivity contribution in [2.45, 2.75) is 121 Å². The molecule has 4 aliphatic carbocycles. The third kappa shape index (κ3) is 4.05. The maximum atomic E-state index is 13.1. The number of esters is 1. The Hall–Kier alpha value is -2.69. The second kappa shape index (κ2) is 10.2. The van der Waals surface area contributed by atoms with Crippen molar-refractivity contribution < 1.29 is 38.8 Å². The molecule has 2 spiro atoms. The van der Waals surface area contributed by atoms with Crippen molar-refractivity contribution in [3.63, 3.8) is 0 Å². The molecular formula is C34H48N2O8. The summed E-state index contributed by atoms with van der Waals surface area (Å²) in [7, 11) is 1.75. The van der Waals surface area contributed by atoms with Gasteiger partial charge in [0.2, 0.25) is 5.91 Å². The normalized spacial score (nSPS) is 34.9. The summed E-state index contributed by atoms with van der Waals surface area (Å²) in [4.78, 5) is 37.0. The van der Waals surface area contributed by atoms with Crippen molar-refractivity contribution in [1.29, 1.82) is 0 Å². The monoisotopic (exact) mass is 612 g/mol. The molecule has 1 aromatic carbocycles. The van der Waals surface area contributed by atoms with Gasteiger partial charge >= 0.3 is 11.9 Å². The van der Waals surface area contributed by atoms with Crippen LogP contribution in [0.5, 0.6) is 11.5 Å². The number of rotatable bonds is 9. The molecule has 1 aromatic rings. The van der Waals surface area contributed by atoms with Gasteiger partial charge < -0.3 is 35.1 Å². The SMILES string of the molecule is CO[C@@]12CC[C@@]3(C[C@@H]1[C@@](C)(O)C(C)(C)C)[C@H]1Cc4ccc(OC(=O)CCC(=O)NC(C(=O)O)C(C)C)c5c4[C@@]3(CCN1)[C@H]2O5. The summed E-state index contributed by atoms with van der Waals surface area (Å²) in [6, 6.07) is 3.04. The lowest BCUT2D eigenvalue weighted by molar-refractivity contribution is -0.303. The summed E-state index contributed by atoms with van der Waals surface area (Å²) >= 11 is 0. The Morgan fingerprint density at radius 1 is 1.14 bits per heavy atom. The van der Waals surface area contributed by atoms with E-state index in [1.54, 1.807) is 27.0 Å². The Morgan fingerprint density at radius 2 is 1.86 bits per heavy atom. The molecule has 1 unspecified atom stereocenters. The third-order valence-corrected chi connectivity index (χ3v) is 12.4. The number of carbonyl (C=O) groups is 3. The standard InChI is InChI=1S/C34H48N2O8/c1-18(2)26(28(39)40)36-23(37)10-11-24(38)43-20-9-8-19-16-22-32-12-13-34(42-7,21(17-32)31(6,41)30(3,4)5)29-33(32,14-15-35-22)25(19)27(20)44-29/h8-9,18,21-22,26,29,35,41H,10-17H2,1-7H3,(H,36,37)(H,39,40)/t21-,22-,26?,29-,31-,32-,33+,34+/m1/s1. The summed E-state index contributed by atoms with van der Waals surface area (Å²) in [6.45, 7) is 12.5. The summed E-state index contributed by atoms with van der Waals surface area (Å²) in [5, 5.41) is 27.9. The number of methoxy groups -OCH3 is 1. The number of hydrogen-bond donors (Lipinski definition) is 4. The lowest BCUT2D eigenvalue weighted by atomic mass is 9.33. The summed E-state index contributed by atoms with van der Waals surface area (Å²) < 4.78 is 19.5. The van der Waals surface area contributed by atoms with Crippen molar-refractivity contribution in [3.05, 3.63) is 23.3 Å². The number of fused-ring (bicyclic) bond motifs is 2. The van der Waals surface area contributed by atoms with E-state index in [1.807, 2.05) is 13.0 Å². The highest BCUT2D eigenvalue weighted by molar-refractivity contribution is 5.86. The predicted molar refractivity (Wildman–Crippen MR) is 162 cm³/mol. The molecule has 4 N–H and O–H groups in total. The van der Waals surface area contributed by atoms with Crippen molar-refractivity contribution >= 4 is 17.8 Å². The number of aliphatic carboxylic acids is 1. The molecule has 0 aromatic heterocycles. The van der Waals surface area contributed by atoms with Gasteiger partial charge in [-0.2, -0.15) is 0 Å². The van der Waals surface area contributed by atoms with E-state index in [0.29, 0.717) is 11.5 Å². The molecular weight excluding hydrogens is 564 g/mol. The number of carbonyl (C=O) groups excluding carboxylic acids is 2. The fraction of sp³-hybridized carbons (Fsp3) is 0.735. The topological polar surface area (TPSA) is 143 Å². The molecule has 8 atom stereocenters. The van der Waals surface area contributed by atoms with Crippen LogP contribution in [-0.2, 0) is 31.0 Å². The number of carboxylic acid groups (broad SMARTS) is 1. The van der Waals surface area contributed by atoms with Crippen molar-refractivity contribution in [3.8, 4) is 11.5 Å². The van der Waals surface area contributed by atoms with Crippen LogP contribution in [-0.4, -0.2) is 71.1 Å². The van der Waals surface area contributed by atoms with Gasteiger partial charge in [-0.25, -0.2) is 4.79 Å². The summed E-state index contributed by atoms with van der Waals surface area (Å²) in [5.41, 5.74) is -0.331. The van der Waals surface area contributed by atoms with Crippen LogP contribution >= 0.6 is 0 Å². The Bertz CT molecular complexity index is 1380. The fourth-order valence-electron chi connectivity index (χ4n) is 9.74. The van der Waals surface area contributed by atoms with E-state index in [4.69, 9.17) is 14.2 Å². The van der Waals surface area contributed by atoms with E-state index in [9.17, 15) is 24.6 Å². The second-order valence-electron chi connectivity index (χ2n) is 15.4. The van der Waals surface area contributed by atoms with Gasteiger partial charge in [0.1, 0.15) is 17.7 Å². The van der Waals surface area contributed by atoms with Gasteiger partial charge in [0, 0.05) is 41.9 Å². The first kappa shape index (κ1) is 31.3. The zero-order chi connectivity index (χ0) is 32.0. The molecule has 7 rings (SSSR count). The van der Waals surface area contributed by atoms with Gasteiger partial charge in [0.25, 0.3) is 0 Å². The number of aliphatic hydroxyl groups is 1. The molecule has 6 aliphatic rings. The number of piperidine rings is 1. The van der Waals surface area contributed by atoms with Crippen LogP contribution < -0.4 is 20.1 Å². The van der Waals surface area contributed by atoms with Crippen LogP contribution in [0.1, 0.15) is 91.2 Å². The fourth-order valence-corrected chi connectivity index (χ4v) is 9.74. The molecule has 44 heavy (non-hydrogen) atoms. The highest BCUT2D eigenvalue weighted by atomic mass is 16.6. The van der Waals surface area contributed by atoms with Gasteiger partial charge in [0.15, 0.2) is 11.5 Å². The van der Waals surface area contributed by atoms with Crippen LogP contribution in [0.3, 0.4) is 0 Å². The first-order valence-corrected chi connectivity index (χ1v) is 16.1. The lowest BCUT2D eigenvalue weighted by Crippen LogP contribution is -2.83. The maximum absolute atomic E-state index is 13.1. The second-order valence-corrected chi connectivity index (χ2v) is 15.4. The molecule has 2 heterocycles. The van der Waals surface area contributed by atoms with E-state index >= 15 is 0 Å². The van der Waals surface area contributed by atoms with Gasteiger partial charge in [-0.05, 0) is 68.5 Å². The Labute approximate surface area is 259 Å². The molecule has 3 saturated carbocycles. The molecule has 0 radical (unpaired) electrons. The molecule has 1 amide bonds. The van der Waals surface area contributed by atoms with Crippen molar-refractivity contribution in [2.24, 2.45) is 22.7 Å². The zero-order valence-electron chi connectivity index (χ0n) is 27.0. The van der Waals surface area contributed by atoms with Crippen LogP contribution in [0, 0.1) is 22.7 Å². The van der Waals surface area contributed by atoms with Gasteiger partial charge in [0.05, 0.1) is 12.0 Å². The zero-order valence-corrected chi connectivity index (χ0v) is 27.0. The molecule has 10 nitrogen and oxygen atoms in total. The molecule has 242 valence electrons. The van der Waals surface area contributed by atoms with E-state index in [2.05, 4.69) is 31.4 Å². The van der Waals surface area contributed by atoms with Gasteiger partial charge in [-0.15, -0.1) is 0 Å². The third-order valence-electron chi connectivity index (χ3n) is 12.4. The highest BCUT2D eigenvalue weighted by Crippen LogP contribution is 2.77. The van der Waals surface area contributed by atoms with E-state index < -0.39 is 40.5 Å². The Balaban J connectivity index is 1.33. The van der Waals surface area contributed by atoms with E-state index in [-0.39, 0.29) is 47.7 Å². The van der Waals surface area contributed by atoms with Gasteiger partial charge in [-0.3, -0.25) is 9.59 Å². The molecule has 4 fully saturated rings. The minimum Gasteiger partial charge on any atom is -0.482 e. The quantitative estimate of drug-likeness (QED) is 0.243. The first-order valence-electron chi connectivity index (χ1n) is 16.1. The minimum atomic E-state index is -1.11. The van der Waals surface area contributed by atoms with Crippen molar-refractivity contribution in [1.82, 2.24) is 10.6 Å². The summed E-state index contributed by atoms with van der Waals surface area (Å²) in [5.74, 6) is -1.76. The Morgan fingerprint density at radius 3 is 2.50 bits per heavy atom. The number of amides is 1. The van der Waals surface area contributed by atoms with Gasteiger partial charge in [-0.1, -0.05) is 40.7 Å². The first-order chi connectivity index (χ1) is 20.6. The molecule has 4 bridgehead atoms. The van der Waals surface area contributed by atoms with Crippen molar-refractivity contribution in [2.75, 3.05) is 13.7 Å². The summed E-state index contributed by atoms with van der Waals surface area (Å²) in [6.07, 6.45) is 3.50. The minimum absolute atomic E-state index is 0.147. The number of nitrogens with one attached hydrogen (secondary N) is 2. The smallest absolute Gasteiger partial charge is 0.326 e. The number of benzene rings is 1. The Kier molecular flexibility index (Phi) is 7.23. The van der Waals surface area contributed by atoms with Crippen LogP contribution in [0.4, 0.5) is 0 Å². The molecule has 1 saturated heterocycles. The predicted octanol–water partition coefficient (Wildman–Crippen LogP) is 3.50. The highest BCUT2D eigenvalue weighted by Gasteiger charge is 2.81. The average molecular weight is 613 g/mol. The lowest BCUT2D eigenvalue weighted by Gasteiger charge is -2.74. The number of carboxylic acids is 1. The molecule has 10 heteroatoms. The van der Waals surface area contributed by atoms with Crippen LogP contribution in [0.25, 0.3) is 0 Å². The van der Waals surface area contributed by atoms with Crippen LogP contribution in [0.2, 0.25) is 0 Å². The average Bonchev–Trinajstić information content (AvgIpc) is 3.31. The number of hydrogen-bond acceptors (Lipinski definition) is 8. The van der Waals surface area contributed by atoms with E-state index in [1.165, 1.54) is 5.56 Å². The molecule has 2 aliphatic heterocycles. The van der Waals surface area contributed by atoms with E-state index in [0.717, 1.165) is 44.2 Å².